The fourth-order valence-corrected chi connectivity index (χ4v) is 2.05. The van der Waals surface area contributed by atoms with Crippen molar-refractivity contribution in [2.45, 2.75) is 19.3 Å². The second-order valence-corrected chi connectivity index (χ2v) is 4.75. The topological polar surface area (TPSA) is 69.6 Å². The summed E-state index contributed by atoms with van der Waals surface area (Å²) >= 11 is 0. The van der Waals surface area contributed by atoms with Crippen LogP contribution in [0.1, 0.15) is 18.4 Å². The van der Waals surface area contributed by atoms with Gasteiger partial charge < -0.3 is 5.73 Å². The maximum absolute atomic E-state index is 5.78. The third-order valence-corrected chi connectivity index (χ3v) is 3.43. The van der Waals surface area contributed by atoms with Gasteiger partial charge in [0, 0.05) is 6.20 Å². The molecule has 0 aliphatic heterocycles. The maximum atomic E-state index is 5.78. The van der Waals surface area contributed by atoms with Gasteiger partial charge in [-0.05, 0) is 42.9 Å². The lowest BCUT2D eigenvalue weighted by molar-refractivity contribution is 0.520. The molecule has 0 spiro atoms. The van der Waals surface area contributed by atoms with Gasteiger partial charge in [-0.25, -0.2) is 14.6 Å². The SMILES string of the molecule is NCC1(Cc2ccc(-n3cncn3)nc2)CC1. The summed E-state index contributed by atoms with van der Waals surface area (Å²) in [6, 6.07) is 4.07. The fourth-order valence-electron chi connectivity index (χ4n) is 2.05. The molecule has 1 aliphatic rings. The summed E-state index contributed by atoms with van der Waals surface area (Å²) in [5, 5.41) is 4.04. The molecular weight excluding hydrogens is 214 g/mol. The first kappa shape index (κ1) is 10.4. The Morgan fingerprint density at radius 2 is 2.24 bits per heavy atom. The molecule has 88 valence electrons. The molecule has 2 aromatic heterocycles. The van der Waals surface area contributed by atoms with Crippen LogP contribution in [0.3, 0.4) is 0 Å². The van der Waals surface area contributed by atoms with E-state index >= 15 is 0 Å². The number of nitrogens with two attached hydrogens (primary N) is 1. The molecule has 17 heavy (non-hydrogen) atoms. The van der Waals surface area contributed by atoms with Crippen LogP contribution in [0.5, 0.6) is 0 Å². The van der Waals surface area contributed by atoms with Crippen molar-refractivity contribution >= 4 is 0 Å². The highest BCUT2D eigenvalue weighted by molar-refractivity contribution is 5.25. The molecule has 0 bridgehead atoms. The quantitative estimate of drug-likeness (QED) is 0.847. The van der Waals surface area contributed by atoms with Crippen LogP contribution in [0.2, 0.25) is 0 Å². The van der Waals surface area contributed by atoms with Crippen molar-refractivity contribution in [2.75, 3.05) is 6.54 Å². The van der Waals surface area contributed by atoms with Crippen LogP contribution in [-0.2, 0) is 6.42 Å². The minimum atomic E-state index is 0.358. The summed E-state index contributed by atoms with van der Waals surface area (Å²) in [6.45, 7) is 0.776. The summed E-state index contributed by atoms with van der Waals surface area (Å²) < 4.78 is 1.65. The highest BCUT2D eigenvalue weighted by Crippen LogP contribution is 2.47. The minimum Gasteiger partial charge on any atom is -0.330 e. The van der Waals surface area contributed by atoms with Crippen molar-refractivity contribution in [1.82, 2.24) is 19.7 Å². The van der Waals surface area contributed by atoms with Crippen molar-refractivity contribution < 1.29 is 0 Å². The molecule has 0 unspecified atom stereocenters. The molecule has 3 rings (SSSR count). The third kappa shape index (κ3) is 2.06. The molecule has 0 atom stereocenters. The van der Waals surface area contributed by atoms with Crippen LogP contribution in [0, 0.1) is 5.41 Å². The first-order valence-electron chi connectivity index (χ1n) is 5.81. The lowest BCUT2D eigenvalue weighted by Crippen LogP contribution is -2.18. The normalized spacial score (nSPS) is 17.0. The van der Waals surface area contributed by atoms with E-state index in [4.69, 9.17) is 5.73 Å². The second-order valence-electron chi connectivity index (χ2n) is 4.75. The molecule has 0 radical (unpaired) electrons. The van der Waals surface area contributed by atoms with Crippen molar-refractivity contribution in [2.24, 2.45) is 11.1 Å². The molecule has 2 aromatic rings. The van der Waals surface area contributed by atoms with Gasteiger partial charge in [0.25, 0.3) is 0 Å². The van der Waals surface area contributed by atoms with Gasteiger partial charge in [-0.2, -0.15) is 5.10 Å². The molecular formula is C12H15N5. The number of nitrogens with zero attached hydrogens (tertiary/aromatic N) is 4. The van der Waals surface area contributed by atoms with E-state index in [1.54, 1.807) is 11.0 Å². The van der Waals surface area contributed by atoms with Gasteiger partial charge in [0.15, 0.2) is 5.82 Å². The lowest BCUT2D eigenvalue weighted by atomic mass is 9.98. The van der Waals surface area contributed by atoms with E-state index in [1.165, 1.54) is 24.7 Å². The average Bonchev–Trinajstić information content (AvgIpc) is 2.92. The van der Waals surface area contributed by atoms with E-state index in [-0.39, 0.29) is 0 Å². The van der Waals surface area contributed by atoms with Gasteiger partial charge >= 0.3 is 0 Å². The number of hydrogen-bond acceptors (Lipinski definition) is 4. The van der Waals surface area contributed by atoms with E-state index in [0.29, 0.717) is 5.41 Å². The van der Waals surface area contributed by atoms with Crippen molar-refractivity contribution in [3.8, 4) is 5.82 Å². The molecule has 2 heterocycles. The summed E-state index contributed by atoms with van der Waals surface area (Å²) in [7, 11) is 0. The van der Waals surface area contributed by atoms with E-state index in [0.717, 1.165) is 18.8 Å². The predicted octanol–water partition coefficient (Wildman–Crippen LogP) is 0.944. The number of aromatic nitrogens is 4. The van der Waals surface area contributed by atoms with Crippen LogP contribution in [0.15, 0.2) is 31.0 Å². The molecule has 1 fully saturated rings. The van der Waals surface area contributed by atoms with Crippen LogP contribution >= 0.6 is 0 Å². The van der Waals surface area contributed by atoms with Crippen molar-refractivity contribution in [3.63, 3.8) is 0 Å². The Balaban J connectivity index is 1.76. The van der Waals surface area contributed by atoms with Gasteiger partial charge in [-0.15, -0.1) is 0 Å². The molecule has 1 aliphatic carbocycles. The van der Waals surface area contributed by atoms with Crippen molar-refractivity contribution in [3.05, 3.63) is 36.5 Å². The van der Waals surface area contributed by atoms with Crippen molar-refractivity contribution in [1.29, 1.82) is 0 Å². The van der Waals surface area contributed by atoms with E-state index in [1.807, 2.05) is 12.3 Å². The van der Waals surface area contributed by atoms with Gasteiger partial charge in [0.2, 0.25) is 0 Å². The van der Waals surface area contributed by atoms with Crippen LogP contribution in [0.4, 0.5) is 0 Å². The first-order chi connectivity index (χ1) is 8.31. The fraction of sp³-hybridized carbons (Fsp3) is 0.417. The number of pyridine rings is 1. The molecule has 0 aromatic carbocycles. The Hall–Kier alpha value is -1.75. The third-order valence-electron chi connectivity index (χ3n) is 3.43. The lowest BCUT2D eigenvalue weighted by Gasteiger charge is -2.11. The van der Waals surface area contributed by atoms with E-state index in [2.05, 4.69) is 21.1 Å². The molecule has 0 saturated heterocycles. The zero-order valence-corrected chi connectivity index (χ0v) is 9.58. The van der Waals surface area contributed by atoms with E-state index < -0.39 is 0 Å². The largest absolute Gasteiger partial charge is 0.330 e. The maximum Gasteiger partial charge on any atom is 0.155 e. The monoisotopic (exact) mass is 229 g/mol. The first-order valence-corrected chi connectivity index (χ1v) is 5.81. The number of hydrogen-bond donors (Lipinski definition) is 1. The zero-order chi connectivity index (χ0) is 11.7. The second kappa shape index (κ2) is 3.92. The van der Waals surface area contributed by atoms with Gasteiger partial charge in [0.05, 0.1) is 0 Å². The molecule has 1 saturated carbocycles. The van der Waals surface area contributed by atoms with Gasteiger partial charge in [-0.1, -0.05) is 6.07 Å². The Morgan fingerprint density at radius 3 is 2.76 bits per heavy atom. The Kier molecular flexibility index (Phi) is 2.40. The highest BCUT2D eigenvalue weighted by Gasteiger charge is 2.40. The molecule has 0 amide bonds. The van der Waals surface area contributed by atoms with Gasteiger partial charge in [0.1, 0.15) is 12.7 Å². The smallest absolute Gasteiger partial charge is 0.155 e. The molecule has 5 nitrogen and oxygen atoms in total. The molecule has 5 heteroatoms. The van der Waals surface area contributed by atoms with Crippen LogP contribution in [-0.4, -0.2) is 26.3 Å². The predicted molar refractivity (Wildman–Crippen MR) is 63.6 cm³/mol. The van der Waals surface area contributed by atoms with Crippen LogP contribution < -0.4 is 5.73 Å². The summed E-state index contributed by atoms with van der Waals surface area (Å²) in [5.74, 6) is 0.795. The zero-order valence-electron chi connectivity index (χ0n) is 9.58. The highest BCUT2D eigenvalue weighted by atomic mass is 15.3. The Labute approximate surface area is 99.7 Å². The number of rotatable bonds is 4. The minimum absolute atomic E-state index is 0.358. The Morgan fingerprint density at radius 1 is 1.35 bits per heavy atom. The standard InChI is InChI=1S/C12H15N5/c13-7-12(3-4-12)5-10-1-2-11(15-6-10)17-9-14-8-16-17/h1-2,6,8-9H,3-5,7,13H2. The summed E-state index contributed by atoms with van der Waals surface area (Å²) in [4.78, 5) is 8.29. The molecule has 2 N–H and O–H groups in total. The summed E-state index contributed by atoms with van der Waals surface area (Å²) in [5.41, 5.74) is 7.39. The average molecular weight is 229 g/mol. The van der Waals surface area contributed by atoms with Crippen LogP contribution in [0.25, 0.3) is 5.82 Å². The van der Waals surface area contributed by atoms with E-state index in [9.17, 15) is 0 Å². The Bertz CT molecular complexity index is 484. The van der Waals surface area contributed by atoms with Gasteiger partial charge in [-0.3, -0.25) is 0 Å². The summed E-state index contributed by atoms with van der Waals surface area (Å²) in [6.07, 6.45) is 8.58.